The summed E-state index contributed by atoms with van der Waals surface area (Å²) in [5, 5.41) is 0. The zero-order chi connectivity index (χ0) is 22.6. The van der Waals surface area contributed by atoms with Crippen LogP contribution in [0.25, 0.3) is 5.57 Å². The molecule has 0 amide bonds. The number of benzene rings is 2. The number of quaternary nitrogens is 1. The van der Waals surface area contributed by atoms with E-state index >= 15 is 0 Å². The van der Waals surface area contributed by atoms with Gasteiger partial charge in [0.2, 0.25) is 0 Å². The number of allylic oxidation sites excluding steroid dienone is 1. The first-order chi connectivity index (χ1) is 13.8. The second-order valence-electron chi connectivity index (χ2n) is 7.70. The van der Waals surface area contributed by atoms with E-state index in [0.29, 0.717) is 28.9 Å². The lowest BCUT2D eigenvalue weighted by Gasteiger charge is -2.26. The van der Waals surface area contributed by atoms with Crippen LogP contribution in [-0.2, 0) is 12.4 Å². The molecule has 0 radical (unpaired) electrons. The van der Waals surface area contributed by atoms with Crippen LogP contribution in [-0.4, -0.2) is 31.1 Å². The van der Waals surface area contributed by atoms with Crippen LogP contribution < -0.4 is 24.0 Å². The molecule has 0 unspecified atom stereocenters. The molecule has 0 aromatic heterocycles. The summed E-state index contributed by atoms with van der Waals surface area (Å²) in [6.45, 7) is 0.721. The van der Waals surface area contributed by atoms with Crippen molar-refractivity contribution in [2.45, 2.75) is 25.2 Å². The average Bonchev–Trinajstić information content (AvgIpc) is 2.67. The number of halogens is 8. The molecule has 0 N–H and O–H groups in total. The van der Waals surface area contributed by atoms with Gasteiger partial charge in [-0.2, -0.15) is 26.3 Å². The van der Waals surface area contributed by atoms with Crippen LogP contribution >= 0.6 is 11.6 Å². The van der Waals surface area contributed by atoms with Gasteiger partial charge in [0.15, 0.2) is 6.00 Å². The van der Waals surface area contributed by atoms with Crippen LogP contribution in [0.4, 0.5) is 26.3 Å². The smallest absolute Gasteiger partial charge is 0.416 e. The van der Waals surface area contributed by atoms with E-state index in [1.165, 1.54) is 24.3 Å². The van der Waals surface area contributed by atoms with Gasteiger partial charge in [-0.05, 0) is 47.4 Å². The fourth-order valence-electron chi connectivity index (χ4n) is 2.95. The predicted octanol–water partition coefficient (Wildman–Crippen LogP) is 4.21. The second-order valence-corrected chi connectivity index (χ2v) is 7.94. The molecule has 0 spiro atoms. The maximum absolute atomic E-state index is 13.1. The molecule has 0 saturated carbocycles. The van der Waals surface area contributed by atoms with E-state index in [1.807, 2.05) is 14.1 Å². The molecule has 0 aliphatic carbocycles. The maximum Gasteiger partial charge on any atom is 0.416 e. The molecular formula is C22H23ClF6IN. The average molecular weight is 578 g/mol. The zero-order valence-electron chi connectivity index (χ0n) is 17.0. The molecule has 0 aliphatic heterocycles. The molecule has 2 rings (SSSR count). The molecule has 9 heteroatoms. The Kier molecular flexibility index (Phi) is 9.90. The molecular weight excluding hydrogens is 555 g/mol. The van der Waals surface area contributed by atoms with Crippen LogP contribution in [0.5, 0.6) is 0 Å². The Balaban J connectivity index is 0.00000480. The van der Waals surface area contributed by atoms with E-state index in [2.05, 4.69) is 0 Å². The number of alkyl halides is 7. The summed E-state index contributed by atoms with van der Waals surface area (Å²) in [6, 6.07) is 9.66. The first-order valence-electron chi connectivity index (χ1n) is 9.27. The Morgan fingerprint density at radius 1 is 0.871 bits per heavy atom. The first kappa shape index (κ1) is 27.8. The topological polar surface area (TPSA) is 0 Å². The van der Waals surface area contributed by atoms with Crippen LogP contribution in [0.15, 0.2) is 54.6 Å². The lowest BCUT2D eigenvalue weighted by Crippen LogP contribution is -3.00. The highest BCUT2D eigenvalue weighted by atomic mass is 127. The second kappa shape index (κ2) is 11.0. The number of hydrogen-bond acceptors (Lipinski definition) is 0. The van der Waals surface area contributed by atoms with E-state index in [4.69, 9.17) is 11.6 Å². The van der Waals surface area contributed by atoms with Crippen molar-refractivity contribution >= 4 is 17.2 Å². The molecule has 1 nitrogen and oxygen atoms in total. The van der Waals surface area contributed by atoms with Crippen molar-refractivity contribution < 1.29 is 54.8 Å². The molecule has 0 bridgehead atoms. The minimum atomic E-state index is -4.54. The van der Waals surface area contributed by atoms with Gasteiger partial charge in [0.25, 0.3) is 0 Å². The van der Waals surface area contributed by atoms with Gasteiger partial charge in [-0.15, -0.1) is 0 Å². The van der Waals surface area contributed by atoms with E-state index in [9.17, 15) is 26.3 Å². The monoisotopic (exact) mass is 577 g/mol. The Morgan fingerprint density at radius 3 is 1.71 bits per heavy atom. The highest BCUT2D eigenvalue weighted by molar-refractivity contribution is 6.16. The van der Waals surface area contributed by atoms with Crippen molar-refractivity contribution in [3.8, 4) is 0 Å². The largest absolute Gasteiger partial charge is 1.00 e. The number of hydrogen-bond donors (Lipinski definition) is 0. The summed E-state index contributed by atoms with van der Waals surface area (Å²) in [4.78, 5) is 0. The van der Waals surface area contributed by atoms with Gasteiger partial charge >= 0.3 is 12.4 Å². The van der Waals surface area contributed by atoms with Crippen LogP contribution in [0.2, 0.25) is 0 Å². The summed E-state index contributed by atoms with van der Waals surface area (Å²) in [7, 11) is 3.88. The highest BCUT2D eigenvalue weighted by Crippen LogP contribution is 2.35. The molecule has 0 atom stereocenters. The normalized spacial score (nSPS) is 12.3. The summed E-state index contributed by atoms with van der Waals surface area (Å²) >= 11 is 5.89. The van der Waals surface area contributed by atoms with Crippen molar-refractivity contribution in [1.82, 2.24) is 0 Å². The zero-order valence-corrected chi connectivity index (χ0v) is 19.9. The third kappa shape index (κ3) is 8.31. The van der Waals surface area contributed by atoms with E-state index in [0.717, 1.165) is 30.8 Å². The summed E-state index contributed by atoms with van der Waals surface area (Å²) in [5.74, 6) is 0. The number of unbranched alkanes of at least 4 members (excludes halogenated alkanes) is 1. The molecule has 0 heterocycles. The standard InChI is InChI=1S/C22H23ClF6N.HI/c1-30(2,15-23)12-4-3-11-20(16-7-5-9-18(13-16)21(24,25)26)17-8-6-10-19(14-17)22(27,28)29;/h5-11,13-14H,3-4,12,15H2,1-2H3;1H/q+1;/p-1. The fourth-order valence-corrected chi connectivity index (χ4v) is 3.07. The van der Waals surface area contributed by atoms with Crippen molar-refractivity contribution in [2.75, 3.05) is 26.6 Å². The molecule has 2 aromatic rings. The third-order valence-electron chi connectivity index (χ3n) is 4.64. The van der Waals surface area contributed by atoms with Gasteiger partial charge in [0.05, 0.1) is 31.8 Å². The quantitative estimate of drug-likeness (QED) is 0.116. The third-order valence-corrected chi connectivity index (χ3v) is 5.29. The predicted molar refractivity (Wildman–Crippen MR) is 107 cm³/mol. The van der Waals surface area contributed by atoms with E-state index < -0.39 is 23.5 Å². The Labute approximate surface area is 200 Å². The fraction of sp³-hybridized carbons (Fsp3) is 0.364. The first-order valence-corrected chi connectivity index (χ1v) is 9.80. The van der Waals surface area contributed by atoms with Gasteiger partial charge in [-0.1, -0.05) is 41.9 Å². The van der Waals surface area contributed by atoms with Gasteiger partial charge in [0.1, 0.15) is 0 Å². The lowest BCUT2D eigenvalue weighted by molar-refractivity contribution is -0.879. The Morgan fingerprint density at radius 2 is 1.32 bits per heavy atom. The van der Waals surface area contributed by atoms with Crippen molar-refractivity contribution in [2.24, 2.45) is 0 Å². The van der Waals surface area contributed by atoms with Crippen molar-refractivity contribution in [3.05, 3.63) is 76.9 Å². The van der Waals surface area contributed by atoms with Gasteiger partial charge < -0.3 is 28.5 Å². The van der Waals surface area contributed by atoms with Crippen LogP contribution in [0.1, 0.15) is 35.1 Å². The van der Waals surface area contributed by atoms with Crippen molar-refractivity contribution in [1.29, 1.82) is 0 Å². The highest BCUT2D eigenvalue weighted by Gasteiger charge is 2.32. The Hall–Kier alpha value is -1.26. The minimum Gasteiger partial charge on any atom is -1.00 e. The number of nitrogens with zero attached hydrogens (tertiary/aromatic N) is 1. The SMILES string of the molecule is C[N+](C)(CCl)CCCC=C(c1cccc(C(F)(F)F)c1)c1cccc(C(F)(F)F)c1.[I-]. The van der Waals surface area contributed by atoms with Gasteiger partial charge in [-0.25, -0.2) is 0 Å². The van der Waals surface area contributed by atoms with E-state index in [1.54, 1.807) is 6.08 Å². The molecule has 2 aromatic carbocycles. The lowest BCUT2D eigenvalue weighted by atomic mass is 9.94. The molecule has 0 saturated heterocycles. The Bertz CT molecular complexity index is 831. The number of rotatable bonds is 7. The van der Waals surface area contributed by atoms with E-state index in [-0.39, 0.29) is 35.1 Å². The van der Waals surface area contributed by atoms with Gasteiger partial charge in [-0.3, -0.25) is 0 Å². The summed E-state index contributed by atoms with van der Waals surface area (Å²) in [6.07, 6.45) is -6.23. The van der Waals surface area contributed by atoms with Crippen LogP contribution in [0, 0.1) is 0 Å². The minimum absolute atomic E-state index is 0. The summed E-state index contributed by atoms with van der Waals surface area (Å²) in [5.41, 5.74) is -0.926. The van der Waals surface area contributed by atoms with Crippen molar-refractivity contribution in [3.63, 3.8) is 0 Å². The molecule has 0 aliphatic rings. The molecule has 172 valence electrons. The molecule has 0 fully saturated rings. The van der Waals surface area contributed by atoms with Crippen LogP contribution in [0.3, 0.4) is 0 Å². The van der Waals surface area contributed by atoms with Gasteiger partial charge in [0, 0.05) is 6.42 Å². The summed E-state index contributed by atoms with van der Waals surface area (Å²) < 4.78 is 79.4. The molecule has 31 heavy (non-hydrogen) atoms. The maximum atomic E-state index is 13.1.